The molecular formula is C18H25NO4. The Morgan fingerprint density at radius 3 is 2.61 bits per heavy atom. The molecule has 3 atom stereocenters. The smallest absolute Gasteiger partial charge is 0.326 e. The van der Waals surface area contributed by atoms with Gasteiger partial charge in [0.15, 0.2) is 0 Å². The van der Waals surface area contributed by atoms with Crippen molar-refractivity contribution in [3.8, 4) is 0 Å². The molecule has 1 aromatic rings. The van der Waals surface area contributed by atoms with E-state index in [0.29, 0.717) is 5.92 Å². The topological polar surface area (TPSA) is 75.6 Å². The Bertz CT molecular complexity index is 517. The van der Waals surface area contributed by atoms with Crippen LogP contribution < -0.4 is 5.32 Å². The van der Waals surface area contributed by atoms with Crippen LogP contribution >= 0.6 is 0 Å². The van der Waals surface area contributed by atoms with Crippen LogP contribution in [0.4, 0.5) is 0 Å². The molecule has 1 amide bonds. The summed E-state index contributed by atoms with van der Waals surface area (Å²) in [6.45, 7) is 2.06. The minimum atomic E-state index is -1.03. The van der Waals surface area contributed by atoms with Crippen molar-refractivity contribution in [2.24, 2.45) is 5.92 Å². The van der Waals surface area contributed by atoms with Gasteiger partial charge in [0.05, 0.1) is 6.10 Å². The highest BCUT2D eigenvalue weighted by molar-refractivity contribution is 5.84. The largest absolute Gasteiger partial charge is 0.480 e. The summed E-state index contributed by atoms with van der Waals surface area (Å²) in [7, 11) is 0. The van der Waals surface area contributed by atoms with Gasteiger partial charge in [0.1, 0.15) is 12.6 Å². The van der Waals surface area contributed by atoms with E-state index in [4.69, 9.17) is 4.74 Å². The first kappa shape index (κ1) is 17.5. The van der Waals surface area contributed by atoms with Gasteiger partial charge >= 0.3 is 5.97 Å². The number of carboxylic acids is 1. The Hall–Kier alpha value is -1.88. The summed E-state index contributed by atoms with van der Waals surface area (Å²) in [4.78, 5) is 23.3. The Labute approximate surface area is 137 Å². The summed E-state index contributed by atoms with van der Waals surface area (Å²) in [5.41, 5.74) is 0.877. The summed E-state index contributed by atoms with van der Waals surface area (Å²) in [6.07, 6.45) is 4.81. The van der Waals surface area contributed by atoms with E-state index in [1.165, 1.54) is 6.42 Å². The zero-order valence-corrected chi connectivity index (χ0v) is 13.5. The zero-order valence-electron chi connectivity index (χ0n) is 13.5. The highest BCUT2D eigenvalue weighted by atomic mass is 16.5. The number of carbonyl (C=O) groups is 2. The lowest BCUT2D eigenvalue weighted by Crippen LogP contribution is -2.44. The molecule has 2 rings (SSSR count). The summed E-state index contributed by atoms with van der Waals surface area (Å²) < 4.78 is 5.68. The van der Waals surface area contributed by atoms with E-state index in [0.717, 1.165) is 24.8 Å². The maximum absolute atomic E-state index is 12.0. The molecule has 3 unspecified atom stereocenters. The Balaban J connectivity index is 1.82. The second-order valence-corrected chi connectivity index (χ2v) is 6.26. The van der Waals surface area contributed by atoms with Crippen molar-refractivity contribution >= 4 is 11.9 Å². The molecule has 1 fully saturated rings. The summed E-state index contributed by atoms with van der Waals surface area (Å²) >= 11 is 0. The number of ether oxygens (including phenoxy) is 1. The number of nitrogens with one attached hydrogen (secondary N) is 1. The number of hydrogen-bond donors (Lipinski definition) is 2. The quantitative estimate of drug-likeness (QED) is 0.809. The van der Waals surface area contributed by atoms with Gasteiger partial charge in [-0.2, -0.15) is 0 Å². The lowest BCUT2D eigenvalue weighted by atomic mass is 9.88. The lowest BCUT2D eigenvalue weighted by molar-refractivity contribution is -0.143. The summed E-state index contributed by atoms with van der Waals surface area (Å²) in [6, 6.07) is 8.34. The van der Waals surface area contributed by atoms with Crippen LogP contribution in [0.15, 0.2) is 30.3 Å². The second kappa shape index (κ2) is 8.67. The molecule has 5 nitrogen and oxygen atoms in total. The van der Waals surface area contributed by atoms with Gasteiger partial charge in [-0.15, -0.1) is 0 Å². The Morgan fingerprint density at radius 2 is 1.96 bits per heavy atom. The van der Waals surface area contributed by atoms with Gasteiger partial charge in [-0.3, -0.25) is 4.79 Å². The van der Waals surface area contributed by atoms with Crippen molar-refractivity contribution in [3.63, 3.8) is 0 Å². The van der Waals surface area contributed by atoms with Gasteiger partial charge in [-0.25, -0.2) is 4.79 Å². The minimum absolute atomic E-state index is 0.0758. The predicted octanol–water partition coefficient (Wildman–Crippen LogP) is 2.39. The number of carbonyl (C=O) groups excluding carboxylic acids is 1. The van der Waals surface area contributed by atoms with Crippen LogP contribution in [0.1, 0.15) is 38.2 Å². The highest BCUT2D eigenvalue weighted by Crippen LogP contribution is 2.26. The maximum atomic E-state index is 12.0. The summed E-state index contributed by atoms with van der Waals surface area (Å²) in [5, 5.41) is 11.8. The van der Waals surface area contributed by atoms with E-state index < -0.39 is 12.0 Å². The predicted molar refractivity (Wildman–Crippen MR) is 87.1 cm³/mol. The van der Waals surface area contributed by atoms with Gasteiger partial charge in [-0.1, -0.05) is 50.1 Å². The zero-order chi connectivity index (χ0) is 16.7. The first-order valence-corrected chi connectivity index (χ1v) is 8.24. The first-order valence-electron chi connectivity index (χ1n) is 8.24. The molecule has 1 saturated carbocycles. The molecular weight excluding hydrogens is 294 g/mol. The molecule has 0 spiro atoms. The van der Waals surface area contributed by atoms with E-state index >= 15 is 0 Å². The van der Waals surface area contributed by atoms with Crippen molar-refractivity contribution in [3.05, 3.63) is 35.9 Å². The number of amides is 1. The van der Waals surface area contributed by atoms with Gasteiger partial charge in [-0.05, 0) is 24.3 Å². The number of hydrogen-bond acceptors (Lipinski definition) is 3. The maximum Gasteiger partial charge on any atom is 0.326 e. The molecule has 0 aromatic heterocycles. The van der Waals surface area contributed by atoms with E-state index in [9.17, 15) is 14.7 Å². The monoisotopic (exact) mass is 319 g/mol. The van der Waals surface area contributed by atoms with Crippen molar-refractivity contribution in [1.29, 1.82) is 0 Å². The molecule has 5 heteroatoms. The van der Waals surface area contributed by atoms with Crippen molar-refractivity contribution in [2.45, 2.75) is 51.2 Å². The average molecular weight is 319 g/mol. The van der Waals surface area contributed by atoms with Crippen LogP contribution in [0.25, 0.3) is 0 Å². The van der Waals surface area contributed by atoms with E-state index in [2.05, 4.69) is 12.2 Å². The van der Waals surface area contributed by atoms with Gasteiger partial charge in [0.25, 0.3) is 0 Å². The van der Waals surface area contributed by atoms with Gasteiger partial charge in [0, 0.05) is 6.42 Å². The summed E-state index contributed by atoms with van der Waals surface area (Å²) in [5.74, 6) is -0.949. The van der Waals surface area contributed by atoms with Crippen LogP contribution in [0.2, 0.25) is 0 Å². The molecule has 23 heavy (non-hydrogen) atoms. The third-order valence-electron chi connectivity index (χ3n) is 4.38. The number of carboxylic acid groups (broad SMARTS) is 1. The SMILES string of the molecule is CC1CCCCC1OCC(=O)NC(Cc1ccccc1)C(=O)O. The molecule has 2 N–H and O–H groups in total. The number of benzene rings is 1. The molecule has 1 aliphatic rings. The molecule has 0 saturated heterocycles. The van der Waals surface area contributed by atoms with E-state index in [1.54, 1.807) is 0 Å². The van der Waals surface area contributed by atoms with E-state index in [-0.39, 0.29) is 25.0 Å². The Kier molecular flexibility index (Phi) is 6.59. The fourth-order valence-corrected chi connectivity index (χ4v) is 3.00. The second-order valence-electron chi connectivity index (χ2n) is 6.26. The van der Waals surface area contributed by atoms with Crippen molar-refractivity contribution in [2.75, 3.05) is 6.61 Å². The normalized spacial score (nSPS) is 22.3. The third-order valence-corrected chi connectivity index (χ3v) is 4.38. The highest BCUT2D eigenvalue weighted by Gasteiger charge is 2.24. The molecule has 126 valence electrons. The number of aliphatic carboxylic acids is 1. The molecule has 0 aliphatic heterocycles. The lowest BCUT2D eigenvalue weighted by Gasteiger charge is -2.28. The molecule has 0 bridgehead atoms. The van der Waals surface area contributed by atoms with Crippen LogP contribution in [0, 0.1) is 5.92 Å². The third kappa shape index (κ3) is 5.67. The minimum Gasteiger partial charge on any atom is -0.480 e. The fraction of sp³-hybridized carbons (Fsp3) is 0.556. The van der Waals surface area contributed by atoms with Crippen LogP contribution in [0.3, 0.4) is 0 Å². The van der Waals surface area contributed by atoms with Crippen molar-refractivity contribution < 1.29 is 19.4 Å². The standard InChI is InChI=1S/C18H25NO4/c1-13-7-5-6-10-16(13)23-12-17(20)19-15(18(21)22)11-14-8-3-2-4-9-14/h2-4,8-9,13,15-16H,5-7,10-12H2,1H3,(H,19,20)(H,21,22). The van der Waals surface area contributed by atoms with Crippen molar-refractivity contribution in [1.82, 2.24) is 5.32 Å². The fourth-order valence-electron chi connectivity index (χ4n) is 3.00. The van der Waals surface area contributed by atoms with Gasteiger partial charge in [0.2, 0.25) is 5.91 Å². The van der Waals surface area contributed by atoms with E-state index in [1.807, 2.05) is 30.3 Å². The molecule has 0 radical (unpaired) electrons. The van der Waals surface area contributed by atoms with Gasteiger partial charge < -0.3 is 15.2 Å². The van der Waals surface area contributed by atoms with Crippen LogP contribution in [0.5, 0.6) is 0 Å². The molecule has 1 aliphatic carbocycles. The molecule has 1 aromatic carbocycles. The average Bonchev–Trinajstić information content (AvgIpc) is 2.54. The van der Waals surface area contributed by atoms with Crippen LogP contribution in [-0.4, -0.2) is 35.7 Å². The Morgan fingerprint density at radius 1 is 1.26 bits per heavy atom. The first-order chi connectivity index (χ1) is 11.1. The number of rotatable bonds is 7. The molecule has 0 heterocycles. The van der Waals surface area contributed by atoms with Crippen LogP contribution in [-0.2, 0) is 20.7 Å².